The van der Waals surface area contributed by atoms with E-state index in [4.69, 9.17) is 0 Å². The normalized spacial score (nSPS) is 16.1. The summed E-state index contributed by atoms with van der Waals surface area (Å²) in [4.78, 5) is 25.7. The molecule has 2 aromatic carbocycles. The number of imide groups is 1. The molecule has 1 aliphatic heterocycles. The number of hydrogen-bond donors (Lipinski definition) is 1. The second kappa shape index (κ2) is 6.38. The predicted octanol–water partition coefficient (Wildman–Crippen LogP) is 3.85. The Kier molecular flexibility index (Phi) is 4.30. The number of amides is 3. The number of benzene rings is 2. The van der Waals surface area contributed by atoms with Gasteiger partial charge in [-0.05, 0) is 36.3 Å². The molecular weight excluding hydrogens is 356 g/mol. The zero-order valence-corrected chi connectivity index (χ0v) is 14.1. The lowest BCUT2D eigenvalue weighted by Gasteiger charge is -2.11. The summed E-state index contributed by atoms with van der Waals surface area (Å²) in [6.45, 7) is 2.25. The van der Waals surface area contributed by atoms with Gasteiger partial charge in [-0.3, -0.25) is 9.69 Å². The van der Waals surface area contributed by atoms with Crippen LogP contribution in [0.25, 0.3) is 6.08 Å². The van der Waals surface area contributed by atoms with Crippen molar-refractivity contribution in [1.29, 1.82) is 0 Å². The van der Waals surface area contributed by atoms with Crippen LogP contribution in [0.2, 0.25) is 0 Å². The maximum absolute atomic E-state index is 12.4. The molecule has 5 heteroatoms. The smallest absolute Gasteiger partial charge is 0.303 e. The van der Waals surface area contributed by atoms with E-state index in [0.29, 0.717) is 5.70 Å². The monoisotopic (exact) mass is 370 g/mol. The molecule has 0 spiro atoms. The molecule has 0 bridgehead atoms. The minimum Gasteiger partial charge on any atom is -0.303 e. The third-order valence-electron chi connectivity index (χ3n) is 3.60. The molecule has 23 heavy (non-hydrogen) atoms. The number of hydrogen-bond acceptors (Lipinski definition) is 2. The lowest BCUT2D eigenvalue weighted by Crippen LogP contribution is -2.30. The summed E-state index contributed by atoms with van der Waals surface area (Å²) in [5, 5.41) is 2.64. The largest absolute Gasteiger partial charge is 0.329 e. The van der Waals surface area contributed by atoms with Crippen LogP contribution in [0, 0.1) is 6.92 Å². The summed E-state index contributed by atoms with van der Waals surface area (Å²) >= 11 is 3.36. The fourth-order valence-corrected chi connectivity index (χ4v) is 2.58. The van der Waals surface area contributed by atoms with Crippen molar-refractivity contribution in [2.45, 2.75) is 13.5 Å². The molecule has 116 valence electrons. The van der Waals surface area contributed by atoms with E-state index in [-0.39, 0.29) is 12.5 Å². The van der Waals surface area contributed by atoms with Gasteiger partial charge in [-0.25, -0.2) is 4.79 Å². The predicted molar refractivity (Wildman–Crippen MR) is 92.4 cm³/mol. The molecule has 0 atom stereocenters. The highest BCUT2D eigenvalue weighted by atomic mass is 79.9. The van der Waals surface area contributed by atoms with Crippen LogP contribution in [0.15, 0.2) is 58.7 Å². The van der Waals surface area contributed by atoms with Gasteiger partial charge in [0.2, 0.25) is 0 Å². The van der Waals surface area contributed by atoms with E-state index in [1.807, 2.05) is 55.5 Å². The van der Waals surface area contributed by atoms with E-state index >= 15 is 0 Å². The molecule has 0 radical (unpaired) electrons. The van der Waals surface area contributed by atoms with Crippen molar-refractivity contribution >= 4 is 33.9 Å². The molecule has 1 saturated heterocycles. The highest BCUT2D eigenvalue weighted by Gasteiger charge is 2.33. The Morgan fingerprint density at radius 2 is 1.70 bits per heavy atom. The molecule has 3 rings (SSSR count). The summed E-state index contributed by atoms with van der Waals surface area (Å²) in [6, 6.07) is 14.9. The standard InChI is InChI=1S/C18H15BrN2O2/c1-12-2-4-13(5-3-12)10-16-17(22)21(18(23)20-16)11-14-6-8-15(19)9-7-14/h2-10H,11H2,1H3,(H,20,23)/b16-10+. The first-order chi connectivity index (χ1) is 11.0. The van der Waals surface area contributed by atoms with Gasteiger partial charge < -0.3 is 5.32 Å². The van der Waals surface area contributed by atoms with Crippen LogP contribution in [0.4, 0.5) is 4.79 Å². The van der Waals surface area contributed by atoms with Gasteiger partial charge in [-0.1, -0.05) is 57.9 Å². The summed E-state index contributed by atoms with van der Waals surface area (Å²) in [5.41, 5.74) is 3.22. The molecule has 0 aromatic heterocycles. The fourth-order valence-electron chi connectivity index (χ4n) is 2.32. The Hall–Kier alpha value is -2.40. The number of halogens is 1. The Morgan fingerprint density at radius 3 is 2.35 bits per heavy atom. The quantitative estimate of drug-likeness (QED) is 0.658. The summed E-state index contributed by atoms with van der Waals surface area (Å²) in [7, 11) is 0. The molecular formula is C18H15BrN2O2. The fraction of sp³-hybridized carbons (Fsp3) is 0.111. The van der Waals surface area contributed by atoms with Gasteiger partial charge in [-0.2, -0.15) is 0 Å². The minimum atomic E-state index is -0.392. The minimum absolute atomic E-state index is 0.253. The van der Waals surface area contributed by atoms with Gasteiger partial charge in [-0.15, -0.1) is 0 Å². The molecule has 0 aliphatic carbocycles. The summed E-state index contributed by atoms with van der Waals surface area (Å²) in [6.07, 6.45) is 1.70. The summed E-state index contributed by atoms with van der Waals surface area (Å²) in [5.74, 6) is -0.307. The average molecular weight is 371 g/mol. The molecule has 3 amide bonds. The third-order valence-corrected chi connectivity index (χ3v) is 4.13. The number of aryl methyl sites for hydroxylation is 1. The van der Waals surface area contributed by atoms with Crippen LogP contribution < -0.4 is 5.32 Å². The Balaban J connectivity index is 1.79. The van der Waals surface area contributed by atoms with Crippen LogP contribution in [0.5, 0.6) is 0 Å². The van der Waals surface area contributed by atoms with Crippen LogP contribution in [0.3, 0.4) is 0 Å². The van der Waals surface area contributed by atoms with Gasteiger partial charge in [0.05, 0.1) is 6.54 Å². The van der Waals surface area contributed by atoms with Crippen LogP contribution in [0.1, 0.15) is 16.7 Å². The van der Waals surface area contributed by atoms with Crippen molar-refractivity contribution in [1.82, 2.24) is 10.2 Å². The maximum atomic E-state index is 12.4. The molecule has 1 fully saturated rings. The molecule has 0 unspecified atom stereocenters. The molecule has 4 nitrogen and oxygen atoms in total. The van der Waals surface area contributed by atoms with Gasteiger partial charge >= 0.3 is 6.03 Å². The Labute approximate surface area is 142 Å². The van der Waals surface area contributed by atoms with Crippen molar-refractivity contribution in [2.24, 2.45) is 0 Å². The first-order valence-electron chi connectivity index (χ1n) is 7.18. The first kappa shape index (κ1) is 15.5. The van der Waals surface area contributed by atoms with Crippen LogP contribution in [-0.2, 0) is 11.3 Å². The van der Waals surface area contributed by atoms with E-state index in [1.165, 1.54) is 4.90 Å². The van der Waals surface area contributed by atoms with Gasteiger partial charge in [0, 0.05) is 4.47 Å². The highest BCUT2D eigenvalue weighted by Crippen LogP contribution is 2.18. The lowest BCUT2D eigenvalue weighted by molar-refractivity contribution is -0.123. The van der Waals surface area contributed by atoms with Crippen LogP contribution >= 0.6 is 15.9 Å². The number of carbonyl (C=O) groups is 2. The highest BCUT2D eigenvalue weighted by molar-refractivity contribution is 9.10. The van der Waals surface area contributed by atoms with Crippen molar-refractivity contribution in [3.63, 3.8) is 0 Å². The van der Waals surface area contributed by atoms with E-state index in [1.54, 1.807) is 6.08 Å². The summed E-state index contributed by atoms with van der Waals surface area (Å²) < 4.78 is 0.957. The maximum Gasteiger partial charge on any atom is 0.329 e. The Bertz CT molecular complexity index is 780. The van der Waals surface area contributed by atoms with Crippen molar-refractivity contribution in [3.05, 3.63) is 75.4 Å². The first-order valence-corrected chi connectivity index (χ1v) is 7.98. The zero-order valence-electron chi connectivity index (χ0n) is 12.5. The number of urea groups is 1. The number of nitrogens with one attached hydrogen (secondary N) is 1. The SMILES string of the molecule is Cc1ccc(/C=C2/NC(=O)N(Cc3ccc(Br)cc3)C2=O)cc1. The van der Waals surface area contributed by atoms with E-state index < -0.39 is 6.03 Å². The zero-order chi connectivity index (χ0) is 16.4. The topological polar surface area (TPSA) is 49.4 Å². The van der Waals surface area contributed by atoms with Crippen molar-refractivity contribution in [2.75, 3.05) is 0 Å². The second-order valence-electron chi connectivity index (χ2n) is 5.42. The van der Waals surface area contributed by atoms with E-state index in [2.05, 4.69) is 21.2 Å². The van der Waals surface area contributed by atoms with E-state index in [9.17, 15) is 9.59 Å². The van der Waals surface area contributed by atoms with Crippen molar-refractivity contribution < 1.29 is 9.59 Å². The second-order valence-corrected chi connectivity index (χ2v) is 6.33. The molecule has 1 aliphatic rings. The lowest BCUT2D eigenvalue weighted by atomic mass is 10.1. The molecule has 1 heterocycles. The van der Waals surface area contributed by atoms with Crippen molar-refractivity contribution in [3.8, 4) is 0 Å². The van der Waals surface area contributed by atoms with Gasteiger partial charge in [0.25, 0.3) is 5.91 Å². The van der Waals surface area contributed by atoms with Crippen LogP contribution in [-0.4, -0.2) is 16.8 Å². The van der Waals surface area contributed by atoms with E-state index in [0.717, 1.165) is 21.2 Å². The number of rotatable bonds is 3. The molecule has 0 saturated carbocycles. The number of carbonyl (C=O) groups excluding carboxylic acids is 2. The third kappa shape index (κ3) is 3.51. The molecule has 2 aromatic rings. The molecule has 1 N–H and O–H groups in total. The number of nitrogens with zero attached hydrogens (tertiary/aromatic N) is 1. The average Bonchev–Trinajstić information content (AvgIpc) is 2.79. The van der Waals surface area contributed by atoms with Gasteiger partial charge in [0.1, 0.15) is 5.70 Å². The Morgan fingerprint density at radius 1 is 1.04 bits per heavy atom. The van der Waals surface area contributed by atoms with Gasteiger partial charge in [0.15, 0.2) is 0 Å².